The Balaban J connectivity index is 1.54. The highest BCUT2D eigenvalue weighted by Crippen LogP contribution is 2.31. The third kappa shape index (κ3) is 2.96. The molecule has 4 aromatic heterocycles. The molecule has 0 spiro atoms. The highest BCUT2D eigenvalue weighted by Gasteiger charge is 2.15. The predicted octanol–water partition coefficient (Wildman–Crippen LogP) is 5.03. The number of nitrogens with zero attached hydrogens (tertiary/aromatic N) is 3. The van der Waals surface area contributed by atoms with Crippen molar-refractivity contribution >= 4 is 32.9 Å². The second-order valence-electron chi connectivity index (χ2n) is 6.14. The lowest BCUT2D eigenvalue weighted by atomic mass is 10.1. The zero-order chi connectivity index (χ0) is 19.1. The van der Waals surface area contributed by atoms with Gasteiger partial charge in [-0.2, -0.15) is 0 Å². The van der Waals surface area contributed by atoms with Crippen LogP contribution in [0.2, 0.25) is 0 Å². The Kier molecular flexibility index (Phi) is 4.14. The molecule has 28 heavy (non-hydrogen) atoms. The van der Waals surface area contributed by atoms with E-state index in [0.29, 0.717) is 22.5 Å². The van der Waals surface area contributed by atoms with Crippen LogP contribution >= 0.6 is 22.7 Å². The average molecular weight is 409 g/mol. The minimum Gasteiger partial charge on any atom is -0.462 e. The first-order valence-electron chi connectivity index (χ1n) is 8.40. The molecular weight excluding hydrogens is 397 g/mol. The quantitative estimate of drug-likeness (QED) is 0.418. The van der Waals surface area contributed by atoms with Crippen LogP contribution in [0.4, 0.5) is 4.39 Å². The van der Waals surface area contributed by atoms with Gasteiger partial charge in [0.05, 0.1) is 30.2 Å². The summed E-state index contributed by atoms with van der Waals surface area (Å²) in [5, 5.41) is 5.10. The van der Waals surface area contributed by atoms with Crippen molar-refractivity contribution in [2.45, 2.75) is 6.54 Å². The first-order chi connectivity index (χ1) is 13.7. The summed E-state index contributed by atoms with van der Waals surface area (Å²) in [6.07, 6.45) is 3.15. The molecule has 0 saturated carbocycles. The molecule has 5 nitrogen and oxygen atoms in total. The van der Waals surface area contributed by atoms with Gasteiger partial charge in [0.1, 0.15) is 10.6 Å². The highest BCUT2D eigenvalue weighted by atomic mass is 32.1. The largest absolute Gasteiger partial charge is 0.462 e. The summed E-state index contributed by atoms with van der Waals surface area (Å²) in [6.45, 7) is 0.317. The maximum Gasteiger partial charge on any atom is 0.263 e. The van der Waals surface area contributed by atoms with Gasteiger partial charge in [-0.15, -0.1) is 22.7 Å². The van der Waals surface area contributed by atoms with Gasteiger partial charge in [-0.1, -0.05) is 12.1 Å². The van der Waals surface area contributed by atoms with Gasteiger partial charge in [-0.05, 0) is 29.8 Å². The fourth-order valence-electron chi connectivity index (χ4n) is 2.99. The zero-order valence-corrected chi connectivity index (χ0v) is 16.0. The van der Waals surface area contributed by atoms with Crippen molar-refractivity contribution in [2.75, 3.05) is 0 Å². The standard InChI is InChI=1S/C20H12FN3O2S2/c21-13-5-3-12(4-6-13)15-10-28-19-17(15)20(25)24(11-22-19)8-14-9-27-18(23-14)16-2-1-7-26-16/h1-7,9-11H,8H2. The van der Waals surface area contributed by atoms with Crippen LogP contribution in [0.25, 0.3) is 32.1 Å². The number of hydrogen-bond donors (Lipinski definition) is 0. The van der Waals surface area contributed by atoms with Crippen LogP contribution in [0.1, 0.15) is 5.69 Å². The molecule has 138 valence electrons. The Morgan fingerprint density at radius 2 is 1.96 bits per heavy atom. The van der Waals surface area contributed by atoms with Gasteiger partial charge in [0.25, 0.3) is 5.56 Å². The van der Waals surface area contributed by atoms with Gasteiger partial charge in [0.15, 0.2) is 10.8 Å². The van der Waals surface area contributed by atoms with Gasteiger partial charge >= 0.3 is 0 Å². The summed E-state index contributed by atoms with van der Waals surface area (Å²) in [5.74, 6) is 0.392. The van der Waals surface area contributed by atoms with Gasteiger partial charge in [0.2, 0.25) is 0 Å². The molecule has 5 rings (SSSR count). The van der Waals surface area contributed by atoms with Crippen LogP contribution in [-0.4, -0.2) is 14.5 Å². The van der Waals surface area contributed by atoms with E-state index in [9.17, 15) is 9.18 Å². The van der Waals surface area contributed by atoms with Crippen LogP contribution in [-0.2, 0) is 6.54 Å². The number of hydrogen-bond acceptors (Lipinski definition) is 6. The Labute approximate surface area is 166 Å². The molecule has 1 aromatic carbocycles. The maximum absolute atomic E-state index is 13.2. The second-order valence-corrected chi connectivity index (χ2v) is 7.85. The van der Waals surface area contributed by atoms with Crippen molar-refractivity contribution in [3.05, 3.63) is 81.6 Å². The van der Waals surface area contributed by atoms with Crippen molar-refractivity contribution in [3.8, 4) is 21.9 Å². The van der Waals surface area contributed by atoms with Gasteiger partial charge in [-0.3, -0.25) is 9.36 Å². The first-order valence-corrected chi connectivity index (χ1v) is 10.2. The number of thiophene rings is 1. The zero-order valence-electron chi connectivity index (χ0n) is 14.3. The first kappa shape index (κ1) is 17.0. The summed E-state index contributed by atoms with van der Waals surface area (Å²) < 4.78 is 20.2. The number of furan rings is 1. The van der Waals surface area contributed by atoms with Crippen molar-refractivity contribution in [3.63, 3.8) is 0 Å². The molecule has 0 radical (unpaired) electrons. The van der Waals surface area contributed by atoms with E-state index in [2.05, 4.69) is 9.97 Å². The number of halogens is 1. The summed E-state index contributed by atoms with van der Waals surface area (Å²) in [4.78, 5) is 22.7. The normalized spacial score (nSPS) is 11.3. The molecule has 0 bridgehead atoms. The summed E-state index contributed by atoms with van der Waals surface area (Å²) >= 11 is 2.87. The molecule has 0 aliphatic heterocycles. The van der Waals surface area contributed by atoms with E-state index in [4.69, 9.17) is 4.42 Å². The minimum atomic E-state index is -0.310. The molecule has 0 saturated heterocycles. The summed E-state index contributed by atoms with van der Waals surface area (Å²) in [6, 6.07) is 9.78. The Morgan fingerprint density at radius 1 is 1.11 bits per heavy atom. The third-order valence-corrected chi connectivity index (χ3v) is 6.12. The number of thiazole rings is 1. The van der Waals surface area contributed by atoms with Crippen molar-refractivity contribution in [2.24, 2.45) is 0 Å². The van der Waals surface area contributed by atoms with Crippen molar-refractivity contribution < 1.29 is 8.81 Å². The molecule has 0 aliphatic carbocycles. The van der Waals surface area contributed by atoms with E-state index < -0.39 is 0 Å². The topological polar surface area (TPSA) is 60.9 Å². The van der Waals surface area contributed by atoms with E-state index in [1.807, 2.05) is 22.9 Å². The van der Waals surface area contributed by atoms with E-state index in [1.165, 1.54) is 34.8 Å². The molecule has 0 fully saturated rings. The lowest BCUT2D eigenvalue weighted by Crippen LogP contribution is -2.21. The smallest absolute Gasteiger partial charge is 0.263 e. The molecule has 0 aliphatic rings. The molecule has 5 aromatic rings. The number of benzene rings is 1. The minimum absolute atomic E-state index is 0.141. The summed E-state index contributed by atoms with van der Waals surface area (Å²) in [7, 11) is 0. The number of aromatic nitrogens is 3. The monoisotopic (exact) mass is 409 g/mol. The second kappa shape index (κ2) is 6.81. The van der Waals surface area contributed by atoms with Crippen molar-refractivity contribution in [1.82, 2.24) is 14.5 Å². The van der Waals surface area contributed by atoms with Crippen LogP contribution in [0.15, 0.2) is 69.0 Å². The number of fused-ring (bicyclic) bond motifs is 1. The number of rotatable bonds is 4. The Hall–Kier alpha value is -3.10. The van der Waals surface area contributed by atoms with Gasteiger partial charge in [-0.25, -0.2) is 14.4 Å². The average Bonchev–Trinajstić information content (AvgIpc) is 3.45. The van der Waals surface area contributed by atoms with E-state index >= 15 is 0 Å². The van der Waals surface area contributed by atoms with Gasteiger partial charge in [0, 0.05) is 16.3 Å². The SMILES string of the molecule is O=c1c2c(-c3ccc(F)cc3)csc2ncn1Cc1csc(-c2ccco2)n1. The molecule has 0 atom stereocenters. The highest BCUT2D eigenvalue weighted by molar-refractivity contribution is 7.17. The maximum atomic E-state index is 13.2. The Bertz CT molecular complexity index is 1320. The van der Waals surface area contributed by atoms with Gasteiger partial charge < -0.3 is 4.42 Å². The Morgan fingerprint density at radius 3 is 2.75 bits per heavy atom. The lowest BCUT2D eigenvalue weighted by molar-refractivity contribution is 0.581. The molecule has 0 N–H and O–H groups in total. The predicted molar refractivity (Wildman–Crippen MR) is 108 cm³/mol. The molecule has 0 unspecified atom stereocenters. The molecule has 8 heteroatoms. The van der Waals surface area contributed by atoms with E-state index in [1.54, 1.807) is 29.3 Å². The fourth-order valence-corrected chi connectivity index (χ4v) is 4.67. The fraction of sp³-hybridized carbons (Fsp3) is 0.0500. The van der Waals surface area contributed by atoms with Crippen LogP contribution < -0.4 is 5.56 Å². The van der Waals surface area contributed by atoms with Crippen LogP contribution in [0.5, 0.6) is 0 Å². The summed E-state index contributed by atoms with van der Waals surface area (Å²) in [5.41, 5.74) is 2.18. The molecular formula is C20H12FN3O2S2. The third-order valence-electron chi connectivity index (χ3n) is 4.33. The van der Waals surface area contributed by atoms with E-state index in [-0.39, 0.29) is 11.4 Å². The van der Waals surface area contributed by atoms with Crippen molar-refractivity contribution in [1.29, 1.82) is 0 Å². The van der Waals surface area contributed by atoms with Crippen LogP contribution in [0, 0.1) is 5.82 Å². The molecule has 0 amide bonds. The molecule has 4 heterocycles. The van der Waals surface area contributed by atoms with Crippen LogP contribution in [0.3, 0.4) is 0 Å². The van der Waals surface area contributed by atoms with E-state index in [0.717, 1.165) is 21.8 Å². The lowest BCUT2D eigenvalue weighted by Gasteiger charge is -2.04.